The number of carbonyl (C=O) groups is 1. The van der Waals surface area contributed by atoms with E-state index in [9.17, 15) is 9.18 Å². The fourth-order valence-corrected chi connectivity index (χ4v) is 4.06. The Hall–Kier alpha value is -4.06. The van der Waals surface area contributed by atoms with Gasteiger partial charge < -0.3 is 10.1 Å². The molecular formula is C26H20FN3O2. The Kier molecular flexibility index (Phi) is 5.11. The molecule has 32 heavy (non-hydrogen) atoms. The number of ether oxygens (including phenoxy) is 1. The molecule has 1 N–H and O–H groups in total. The van der Waals surface area contributed by atoms with Crippen LogP contribution in [0.4, 0.5) is 4.39 Å². The smallest absolute Gasteiger partial charge is 0.252 e. The summed E-state index contributed by atoms with van der Waals surface area (Å²) in [6, 6.07) is 22.9. The zero-order valence-electron chi connectivity index (χ0n) is 17.2. The fourth-order valence-electron chi connectivity index (χ4n) is 4.06. The highest BCUT2D eigenvalue weighted by atomic mass is 19.1. The number of benzene rings is 2. The van der Waals surface area contributed by atoms with Gasteiger partial charge in [-0.2, -0.15) is 0 Å². The monoisotopic (exact) mass is 425 g/mol. The Morgan fingerprint density at radius 3 is 2.44 bits per heavy atom. The molecule has 158 valence electrons. The van der Waals surface area contributed by atoms with Gasteiger partial charge in [0.15, 0.2) is 0 Å². The molecule has 0 bridgehead atoms. The van der Waals surface area contributed by atoms with Crippen molar-refractivity contribution in [2.45, 2.75) is 12.0 Å². The third kappa shape index (κ3) is 3.60. The molecule has 6 heteroatoms. The van der Waals surface area contributed by atoms with Gasteiger partial charge in [0.25, 0.3) is 5.91 Å². The zero-order valence-corrected chi connectivity index (χ0v) is 17.2. The average Bonchev–Trinajstić information content (AvgIpc) is 2.85. The third-order valence-corrected chi connectivity index (χ3v) is 5.68. The maximum Gasteiger partial charge on any atom is 0.252 e. The first-order valence-electron chi connectivity index (χ1n) is 10.3. The van der Waals surface area contributed by atoms with Crippen molar-refractivity contribution in [2.24, 2.45) is 0 Å². The van der Waals surface area contributed by atoms with Crippen molar-refractivity contribution in [2.75, 3.05) is 6.61 Å². The lowest BCUT2D eigenvalue weighted by Gasteiger charge is -2.39. The lowest BCUT2D eigenvalue weighted by molar-refractivity contribution is 0.0883. The number of halogens is 1. The average molecular weight is 425 g/mol. The van der Waals surface area contributed by atoms with Crippen molar-refractivity contribution in [1.82, 2.24) is 15.3 Å². The van der Waals surface area contributed by atoms with Crippen LogP contribution < -0.4 is 10.1 Å². The molecule has 1 aliphatic rings. The molecule has 2 aromatic heterocycles. The van der Waals surface area contributed by atoms with Gasteiger partial charge in [-0.05, 0) is 54.1 Å². The maximum absolute atomic E-state index is 13.4. The number of pyridine rings is 2. The number of carbonyl (C=O) groups excluding carboxylic acids is 1. The second kappa shape index (κ2) is 8.23. The van der Waals surface area contributed by atoms with Crippen LogP contribution in [0.5, 0.6) is 5.75 Å². The number of rotatable bonds is 4. The van der Waals surface area contributed by atoms with E-state index in [1.54, 1.807) is 18.5 Å². The first-order chi connectivity index (χ1) is 15.7. The number of hydrogen-bond acceptors (Lipinski definition) is 4. The van der Waals surface area contributed by atoms with E-state index >= 15 is 0 Å². The molecule has 0 saturated carbocycles. The predicted molar refractivity (Wildman–Crippen MR) is 119 cm³/mol. The van der Waals surface area contributed by atoms with Crippen molar-refractivity contribution >= 4 is 5.91 Å². The minimum atomic E-state index is -0.886. The van der Waals surface area contributed by atoms with Crippen LogP contribution in [-0.4, -0.2) is 22.5 Å². The largest absolute Gasteiger partial charge is 0.491 e. The number of aromatic nitrogens is 2. The first-order valence-corrected chi connectivity index (χ1v) is 10.3. The molecule has 0 spiro atoms. The van der Waals surface area contributed by atoms with Crippen LogP contribution >= 0.6 is 0 Å². The van der Waals surface area contributed by atoms with Gasteiger partial charge in [0, 0.05) is 29.9 Å². The van der Waals surface area contributed by atoms with Gasteiger partial charge in [0.1, 0.15) is 22.8 Å². The molecule has 0 saturated heterocycles. The van der Waals surface area contributed by atoms with E-state index in [0.29, 0.717) is 30.0 Å². The number of fused-ring (bicyclic) bond motifs is 1. The summed E-state index contributed by atoms with van der Waals surface area (Å²) in [5.41, 5.74) is 2.86. The van der Waals surface area contributed by atoms with E-state index < -0.39 is 5.54 Å². The van der Waals surface area contributed by atoms with Gasteiger partial charge in [-0.15, -0.1) is 0 Å². The molecule has 1 atom stereocenters. The van der Waals surface area contributed by atoms with E-state index in [-0.39, 0.29) is 11.7 Å². The van der Waals surface area contributed by atoms with Crippen molar-refractivity contribution in [1.29, 1.82) is 0 Å². The molecule has 5 rings (SSSR count). The highest BCUT2D eigenvalue weighted by Crippen LogP contribution is 2.41. The molecule has 4 aromatic rings. The van der Waals surface area contributed by atoms with Crippen molar-refractivity contribution in [3.63, 3.8) is 0 Å². The minimum Gasteiger partial charge on any atom is -0.491 e. The summed E-state index contributed by atoms with van der Waals surface area (Å²) in [5, 5.41) is 3.18. The zero-order chi connectivity index (χ0) is 22.0. The molecule has 0 aliphatic carbocycles. The quantitative estimate of drug-likeness (QED) is 0.513. The van der Waals surface area contributed by atoms with Crippen LogP contribution in [0.15, 0.2) is 91.3 Å². The molecule has 1 amide bonds. The van der Waals surface area contributed by atoms with Crippen molar-refractivity contribution in [3.8, 4) is 17.0 Å². The lowest BCUT2D eigenvalue weighted by atomic mass is 9.80. The van der Waals surface area contributed by atoms with Gasteiger partial charge >= 0.3 is 0 Å². The Balaban J connectivity index is 1.58. The molecule has 0 fully saturated rings. The van der Waals surface area contributed by atoms with E-state index in [1.807, 2.05) is 48.5 Å². The Morgan fingerprint density at radius 1 is 0.906 bits per heavy atom. The van der Waals surface area contributed by atoms with Crippen molar-refractivity contribution < 1.29 is 13.9 Å². The molecule has 1 aliphatic heterocycles. The van der Waals surface area contributed by atoms with Gasteiger partial charge in [-0.3, -0.25) is 14.8 Å². The topological polar surface area (TPSA) is 64.1 Å². The van der Waals surface area contributed by atoms with E-state index in [1.165, 1.54) is 24.3 Å². The van der Waals surface area contributed by atoms with Crippen molar-refractivity contribution in [3.05, 3.63) is 114 Å². The highest BCUT2D eigenvalue weighted by molar-refractivity contribution is 5.95. The lowest BCUT2D eigenvalue weighted by Crippen LogP contribution is -2.50. The molecule has 5 nitrogen and oxygen atoms in total. The second-order valence-corrected chi connectivity index (χ2v) is 7.61. The Bertz CT molecular complexity index is 1240. The number of amides is 1. The van der Waals surface area contributed by atoms with E-state index in [4.69, 9.17) is 4.74 Å². The van der Waals surface area contributed by atoms with Crippen LogP contribution in [0.25, 0.3) is 11.3 Å². The van der Waals surface area contributed by atoms with Crippen LogP contribution in [0.2, 0.25) is 0 Å². The second-order valence-electron chi connectivity index (χ2n) is 7.61. The molecule has 0 radical (unpaired) electrons. The number of hydrogen-bond donors (Lipinski definition) is 1. The molecule has 3 heterocycles. The summed E-state index contributed by atoms with van der Waals surface area (Å²) in [6.45, 7) is 0.421. The van der Waals surface area contributed by atoms with Crippen LogP contribution in [0.1, 0.15) is 28.0 Å². The summed E-state index contributed by atoms with van der Waals surface area (Å²) in [5.74, 6) is -0.0660. The van der Waals surface area contributed by atoms with E-state index in [2.05, 4.69) is 15.3 Å². The van der Waals surface area contributed by atoms with E-state index in [0.717, 1.165) is 16.8 Å². The third-order valence-electron chi connectivity index (χ3n) is 5.68. The summed E-state index contributed by atoms with van der Waals surface area (Å²) in [6.07, 6.45) is 3.95. The maximum atomic E-state index is 13.4. The Morgan fingerprint density at radius 2 is 1.69 bits per heavy atom. The highest BCUT2D eigenvalue weighted by Gasteiger charge is 2.42. The van der Waals surface area contributed by atoms with Crippen LogP contribution in [-0.2, 0) is 5.54 Å². The van der Waals surface area contributed by atoms with Gasteiger partial charge in [-0.1, -0.05) is 30.3 Å². The number of nitrogens with one attached hydrogen (secondary N) is 1. The molecular weight excluding hydrogens is 405 g/mol. The van der Waals surface area contributed by atoms with Crippen LogP contribution in [0, 0.1) is 5.82 Å². The first kappa shape index (κ1) is 19.9. The summed E-state index contributed by atoms with van der Waals surface area (Å²) in [4.78, 5) is 22.2. The minimum absolute atomic E-state index is 0.308. The molecule has 2 aromatic carbocycles. The predicted octanol–water partition coefficient (Wildman–Crippen LogP) is 4.74. The molecule has 1 unspecified atom stereocenters. The fraction of sp³-hybridized carbons (Fsp3) is 0.115. The SMILES string of the molecule is O=C(NC1(c2ccc(-c3ccccn3)cc2)CCOc2cccnc21)c1ccc(F)cc1. The van der Waals surface area contributed by atoms with Gasteiger partial charge in [0.05, 0.1) is 12.3 Å². The van der Waals surface area contributed by atoms with Gasteiger partial charge in [0.2, 0.25) is 0 Å². The summed E-state index contributed by atoms with van der Waals surface area (Å²) in [7, 11) is 0. The Labute approximate surface area is 184 Å². The summed E-state index contributed by atoms with van der Waals surface area (Å²) >= 11 is 0. The number of nitrogens with zero attached hydrogens (tertiary/aromatic N) is 2. The normalized spacial score (nSPS) is 17.2. The standard InChI is InChI=1S/C26H20FN3O2/c27-21-12-8-19(9-13-21)25(31)30-26(14-17-32-23-5-3-16-29-24(23)26)20-10-6-18(7-11-20)22-4-1-2-15-28-22/h1-13,15-16H,14,17H2,(H,30,31). The van der Waals surface area contributed by atoms with Crippen LogP contribution in [0.3, 0.4) is 0 Å². The van der Waals surface area contributed by atoms with Gasteiger partial charge in [-0.25, -0.2) is 4.39 Å². The summed E-state index contributed by atoms with van der Waals surface area (Å²) < 4.78 is 19.2.